The molecule has 2 aromatic heterocycles. The highest BCUT2D eigenvalue weighted by Crippen LogP contribution is 2.64. The number of fused-ring (bicyclic) bond motifs is 13. The molecule has 4 heteroatoms. The number of benzene rings is 9. The van der Waals surface area contributed by atoms with Gasteiger partial charge in [-0.25, -0.2) is 15.0 Å². The van der Waals surface area contributed by atoms with E-state index in [9.17, 15) is 0 Å². The first-order valence-electron chi connectivity index (χ1n) is 21.1. The first-order chi connectivity index (χ1) is 30.8. The maximum absolute atomic E-state index is 5.30. The summed E-state index contributed by atoms with van der Waals surface area (Å²) < 4.78 is 2.47. The molecule has 3 nitrogen and oxygen atoms in total. The summed E-state index contributed by atoms with van der Waals surface area (Å²) in [6.07, 6.45) is 0. The van der Waals surface area contributed by atoms with Crippen LogP contribution in [-0.2, 0) is 5.41 Å². The fourth-order valence-electron chi connectivity index (χ4n) is 10.4. The van der Waals surface area contributed by atoms with Crippen molar-refractivity contribution in [3.63, 3.8) is 0 Å². The number of hydrogen-bond acceptors (Lipinski definition) is 4. The number of nitrogens with zero attached hydrogens (tertiary/aromatic N) is 3. The zero-order chi connectivity index (χ0) is 40.8. The van der Waals surface area contributed by atoms with Crippen LogP contribution in [0.5, 0.6) is 0 Å². The maximum atomic E-state index is 5.30. The van der Waals surface area contributed by atoms with Gasteiger partial charge in [0.25, 0.3) is 0 Å². The summed E-state index contributed by atoms with van der Waals surface area (Å²) >= 11 is 1.80. The first-order valence-corrected chi connectivity index (χ1v) is 21.9. The van der Waals surface area contributed by atoms with E-state index in [1.54, 1.807) is 11.3 Å². The van der Waals surface area contributed by atoms with E-state index in [2.05, 4.69) is 194 Å². The number of hydrogen-bond donors (Lipinski definition) is 0. The molecule has 0 amide bonds. The van der Waals surface area contributed by atoms with Crippen molar-refractivity contribution in [1.29, 1.82) is 0 Å². The number of thiophene rings is 1. The third kappa shape index (κ3) is 5.02. The van der Waals surface area contributed by atoms with Crippen LogP contribution in [0.2, 0.25) is 0 Å². The van der Waals surface area contributed by atoms with Crippen LogP contribution < -0.4 is 0 Å². The summed E-state index contributed by atoms with van der Waals surface area (Å²) in [5.41, 5.74) is 17.8. The Morgan fingerprint density at radius 1 is 0.290 bits per heavy atom. The van der Waals surface area contributed by atoms with Crippen LogP contribution in [0.15, 0.2) is 212 Å². The van der Waals surface area contributed by atoms with Gasteiger partial charge in [0.1, 0.15) is 0 Å². The van der Waals surface area contributed by atoms with Gasteiger partial charge in [0.15, 0.2) is 17.5 Å². The van der Waals surface area contributed by atoms with Crippen molar-refractivity contribution < 1.29 is 0 Å². The third-order valence-electron chi connectivity index (χ3n) is 13.0. The topological polar surface area (TPSA) is 38.7 Å². The molecule has 0 saturated carbocycles. The average molecular weight is 806 g/mol. The van der Waals surface area contributed by atoms with Gasteiger partial charge in [0, 0.05) is 36.9 Å². The molecule has 2 aliphatic carbocycles. The number of aromatic nitrogens is 3. The lowest BCUT2D eigenvalue weighted by Gasteiger charge is -2.30. The summed E-state index contributed by atoms with van der Waals surface area (Å²) in [4.78, 5) is 15.6. The van der Waals surface area contributed by atoms with Crippen LogP contribution in [0, 0.1) is 0 Å². The predicted molar refractivity (Wildman–Crippen MR) is 256 cm³/mol. The van der Waals surface area contributed by atoms with Gasteiger partial charge in [-0.2, -0.15) is 0 Å². The summed E-state index contributed by atoms with van der Waals surface area (Å²) in [6, 6.07) is 76.7. The van der Waals surface area contributed by atoms with Crippen LogP contribution in [-0.4, -0.2) is 15.0 Å². The Morgan fingerprint density at radius 2 is 0.758 bits per heavy atom. The summed E-state index contributed by atoms with van der Waals surface area (Å²) in [5, 5.41) is 2.39. The highest BCUT2D eigenvalue weighted by atomic mass is 32.1. The van der Waals surface area contributed by atoms with E-state index >= 15 is 0 Å². The van der Waals surface area contributed by atoms with Crippen molar-refractivity contribution in [1.82, 2.24) is 15.0 Å². The van der Waals surface area contributed by atoms with Crippen LogP contribution in [0.4, 0.5) is 0 Å². The van der Waals surface area contributed by atoms with E-state index in [4.69, 9.17) is 15.0 Å². The first kappa shape index (κ1) is 35.0. The molecule has 0 unspecified atom stereocenters. The lowest BCUT2D eigenvalue weighted by Crippen LogP contribution is -2.25. The molecule has 0 fully saturated rings. The Labute approximate surface area is 363 Å². The minimum Gasteiger partial charge on any atom is -0.208 e. The molecule has 2 heterocycles. The van der Waals surface area contributed by atoms with Crippen molar-refractivity contribution in [3.05, 3.63) is 235 Å². The van der Waals surface area contributed by atoms with Gasteiger partial charge < -0.3 is 0 Å². The molecular formula is C58H35N3S. The van der Waals surface area contributed by atoms with Crippen molar-refractivity contribution in [2.75, 3.05) is 0 Å². The fraction of sp³-hybridized carbons (Fsp3) is 0.0172. The molecule has 0 aliphatic heterocycles. The minimum absolute atomic E-state index is 0.377. The molecule has 11 aromatic rings. The van der Waals surface area contributed by atoms with Crippen molar-refractivity contribution >= 4 is 31.5 Å². The van der Waals surface area contributed by atoms with Crippen molar-refractivity contribution in [2.45, 2.75) is 5.41 Å². The van der Waals surface area contributed by atoms with Gasteiger partial charge in [-0.05, 0) is 78.9 Å². The highest BCUT2D eigenvalue weighted by molar-refractivity contribution is 7.25. The molecule has 2 aliphatic rings. The molecular weight excluding hydrogens is 771 g/mol. The van der Waals surface area contributed by atoms with E-state index in [-0.39, 0.29) is 5.41 Å². The second-order valence-corrected chi connectivity index (χ2v) is 17.3. The van der Waals surface area contributed by atoms with E-state index < -0.39 is 0 Å². The Balaban J connectivity index is 0.952. The van der Waals surface area contributed by atoms with Gasteiger partial charge in [-0.1, -0.05) is 200 Å². The molecule has 0 atom stereocenters. The molecule has 0 saturated heterocycles. The standard InChI is InChI=1S/C58H35N3S/c1-2-16-38(17-3-1)55-59-56(61-57(60-55)46-25-15-31-52-54(46)45-23-9-13-30-51(45)62-52)43-21-5-4-18-39(43)36-32-34-37(35-33-36)40-24-14-29-50-53(40)44-22-8-12-28-49(44)58(50)47-26-10-6-19-41(47)42-20-7-11-27-48(42)58/h1-35H. The summed E-state index contributed by atoms with van der Waals surface area (Å²) in [7, 11) is 0. The normalized spacial score (nSPS) is 13.0. The molecule has 13 rings (SSSR count). The smallest absolute Gasteiger partial charge is 0.164 e. The van der Waals surface area contributed by atoms with E-state index in [1.165, 1.54) is 75.8 Å². The minimum atomic E-state index is -0.377. The molecule has 0 radical (unpaired) electrons. The molecule has 1 spiro atoms. The zero-order valence-electron chi connectivity index (χ0n) is 33.5. The quantitative estimate of drug-likeness (QED) is 0.174. The second-order valence-electron chi connectivity index (χ2n) is 16.2. The van der Waals surface area contributed by atoms with Gasteiger partial charge in [0.2, 0.25) is 0 Å². The highest BCUT2D eigenvalue weighted by Gasteiger charge is 2.51. The van der Waals surface area contributed by atoms with Crippen LogP contribution >= 0.6 is 11.3 Å². The van der Waals surface area contributed by atoms with Gasteiger partial charge >= 0.3 is 0 Å². The van der Waals surface area contributed by atoms with E-state index in [1.807, 2.05) is 18.2 Å². The van der Waals surface area contributed by atoms with Crippen molar-refractivity contribution in [3.8, 4) is 78.7 Å². The zero-order valence-corrected chi connectivity index (χ0v) is 34.3. The Bertz CT molecular complexity index is 3540. The summed E-state index contributed by atoms with van der Waals surface area (Å²) in [5.74, 6) is 1.96. The van der Waals surface area contributed by atoms with Crippen molar-refractivity contribution in [2.24, 2.45) is 0 Å². The molecule has 0 N–H and O–H groups in total. The Morgan fingerprint density at radius 3 is 1.48 bits per heavy atom. The third-order valence-corrected chi connectivity index (χ3v) is 14.1. The Hall–Kier alpha value is -7.79. The molecule has 9 aromatic carbocycles. The second kappa shape index (κ2) is 13.6. The van der Waals surface area contributed by atoms with Crippen LogP contribution in [0.25, 0.3) is 98.8 Å². The van der Waals surface area contributed by atoms with Gasteiger partial charge in [-0.15, -0.1) is 11.3 Å². The summed E-state index contributed by atoms with van der Waals surface area (Å²) in [6.45, 7) is 0. The van der Waals surface area contributed by atoms with E-state index in [0.29, 0.717) is 17.5 Å². The largest absolute Gasteiger partial charge is 0.208 e. The fourth-order valence-corrected chi connectivity index (χ4v) is 11.6. The number of rotatable bonds is 5. The van der Waals surface area contributed by atoms with Gasteiger partial charge in [-0.3, -0.25) is 0 Å². The van der Waals surface area contributed by atoms with Crippen LogP contribution in [0.1, 0.15) is 22.3 Å². The SMILES string of the molecule is c1ccc(-c2nc(-c3ccccc3-c3ccc(-c4cccc5c4-c4ccccc4C54c5ccccc5-c5ccccc54)cc3)nc(-c3cccc4sc5ccccc5c34)n2)cc1. The lowest BCUT2D eigenvalue weighted by atomic mass is 9.70. The van der Waals surface area contributed by atoms with E-state index in [0.717, 1.165) is 27.8 Å². The monoisotopic (exact) mass is 805 g/mol. The molecule has 288 valence electrons. The average Bonchev–Trinajstić information content (AvgIpc) is 3.99. The molecule has 0 bridgehead atoms. The lowest BCUT2D eigenvalue weighted by molar-refractivity contribution is 0.794. The molecule has 62 heavy (non-hydrogen) atoms. The van der Waals surface area contributed by atoms with Crippen LogP contribution in [0.3, 0.4) is 0 Å². The maximum Gasteiger partial charge on any atom is 0.164 e. The Kier molecular flexibility index (Phi) is 7.69. The van der Waals surface area contributed by atoms with Gasteiger partial charge in [0.05, 0.1) is 5.41 Å². The predicted octanol–water partition coefficient (Wildman–Crippen LogP) is 14.9.